The van der Waals surface area contributed by atoms with Gasteiger partial charge in [0.05, 0.1) is 25.0 Å². The zero-order chi connectivity index (χ0) is 16.1. The average Bonchev–Trinajstić information content (AvgIpc) is 2.94. The maximum atomic E-state index is 9.29. The van der Waals surface area contributed by atoms with Gasteiger partial charge < -0.3 is 10.8 Å². The molecule has 3 rings (SSSR count). The SMILES string of the molecule is Nc1c(/N=N/c2ccccc2CO)cnn1Cc1ccncc1. The van der Waals surface area contributed by atoms with Crippen molar-refractivity contribution in [2.24, 2.45) is 10.2 Å². The number of anilines is 1. The summed E-state index contributed by atoms with van der Waals surface area (Å²) >= 11 is 0. The Bertz CT molecular complexity index is 812. The van der Waals surface area contributed by atoms with E-state index in [1.54, 1.807) is 35.4 Å². The van der Waals surface area contributed by atoms with Crippen LogP contribution in [0.3, 0.4) is 0 Å². The summed E-state index contributed by atoms with van der Waals surface area (Å²) < 4.78 is 1.65. The summed E-state index contributed by atoms with van der Waals surface area (Å²) in [6, 6.07) is 11.1. The fourth-order valence-electron chi connectivity index (χ4n) is 2.10. The van der Waals surface area contributed by atoms with Gasteiger partial charge in [0, 0.05) is 18.0 Å². The molecule has 0 radical (unpaired) electrons. The average molecular weight is 308 g/mol. The van der Waals surface area contributed by atoms with Gasteiger partial charge in [-0.25, -0.2) is 4.68 Å². The lowest BCUT2D eigenvalue weighted by atomic mass is 10.2. The highest BCUT2D eigenvalue weighted by molar-refractivity contribution is 5.57. The fourth-order valence-corrected chi connectivity index (χ4v) is 2.10. The number of aliphatic hydroxyl groups excluding tert-OH is 1. The number of benzene rings is 1. The Morgan fingerprint density at radius 1 is 1.04 bits per heavy atom. The fraction of sp³-hybridized carbons (Fsp3) is 0.125. The molecule has 0 fully saturated rings. The van der Waals surface area contributed by atoms with Crippen LogP contribution in [0, 0.1) is 0 Å². The highest BCUT2D eigenvalue weighted by Crippen LogP contribution is 2.26. The van der Waals surface area contributed by atoms with E-state index in [4.69, 9.17) is 5.73 Å². The summed E-state index contributed by atoms with van der Waals surface area (Å²) in [5.41, 5.74) is 8.92. The molecule has 23 heavy (non-hydrogen) atoms. The van der Waals surface area contributed by atoms with E-state index in [-0.39, 0.29) is 6.61 Å². The second-order valence-electron chi connectivity index (χ2n) is 4.91. The van der Waals surface area contributed by atoms with Crippen LogP contribution >= 0.6 is 0 Å². The van der Waals surface area contributed by atoms with Crippen molar-refractivity contribution in [3.63, 3.8) is 0 Å². The molecule has 7 nitrogen and oxygen atoms in total. The van der Waals surface area contributed by atoms with Crippen LogP contribution in [0.15, 0.2) is 65.2 Å². The summed E-state index contributed by atoms with van der Waals surface area (Å²) in [6.45, 7) is 0.448. The van der Waals surface area contributed by atoms with E-state index < -0.39 is 0 Å². The third-order valence-corrected chi connectivity index (χ3v) is 3.37. The first-order chi connectivity index (χ1) is 11.3. The molecule has 0 bridgehead atoms. The van der Waals surface area contributed by atoms with Crippen LogP contribution in [0.2, 0.25) is 0 Å². The molecule has 0 spiro atoms. The maximum Gasteiger partial charge on any atom is 0.150 e. The molecule has 0 aliphatic rings. The summed E-state index contributed by atoms with van der Waals surface area (Å²) in [5.74, 6) is 0.437. The minimum atomic E-state index is -0.0913. The Morgan fingerprint density at radius 2 is 1.78 bits per heavy atom. The molecule has 0 amide bonds. The van der Waals surface area contributed by atoms with Crippen LogP contribution in [-0.4, -0.2) is 19.9 Å². The standard InChI is InChI=1S/C16H16N6O/c17-16-15(21-20-14-4-2-1-3-13(14)11-23)9-19-22(16)10-12-5-7-18-8-6-12/h1-9,23H,10-11,17H2/b21-20+. The predicted octanol–water partition coefficient (Wildman–Crippen LogP) is 2.82. The Kier molecular flexibility index (Phi) is 4.39. The van der Waals surface area contributed by atoms with Crippen LogP contribution in [0.25, 0.3) is 0 Å². The van der Waals surface area contributed by atoms with Gasteiger partial charge in [-0.05, 0) is 23.8 Å². The first-order valence-corrected chi connectivity index (χ1v) is 7.08. The predicted molar refractivity (Wildman–Crippen MR) is 86.5 cm³/mol. The van der Waals surface area contributed by atoms with Crippen molar-refractivity contribution in [3.05, 3.63) is 66.1 Å². The molecule has 2 heterocycles. The van der Waals surface area contributed by atoms with Gasteiger partial charge in [-0.1, -0.05) is 18.2 Å². The van der Waals surface area contributed by atoms with Crippen molar-refractivity contribution < 1.29 is 5.11 Å². The maximum absolute atomic E-state index is 9.29. The van der Waals surface area contributed by atoms with Gasteiger partial charge in [-0.3, -0.25) is 4.98 Å². The van der Waals surface area contributed by atoms with Crippen LogP contribution < -0.4 is 5.73 Å². The molecule has 0 aliphatic heterocycles. The molecule has 116 valence electrons. The zero-order valence-corrected chi connectivity index (χ0v) is 12.4. The number of hydrogen-bond acceptors (Lipinski definition) is 6. The van der Waals surface area contributed by atoms with Crippen molar-refractivity contribution in [1.29, 1.82) is 0 Å². The number of rotatable bonds is 5. The number of nitrogen functional groups attached to an aromatic ring is 1. The number of aliphatic hydroxyl groups is 1. The number of hydrogen-bond donors (Lipinski definition) is 2. The molecule has 2 aromatic heterocycles. The van der Waals surface area contributed by atoms with Gasteiger partial charge in [0.1, 0.15) is 11.5 Å². The molecule has 0 saturated heterocycles. The van der Waals surface area contributed by atoms with Crippen LogP contribution in [0.4, 0.5) is 17.2 Å². The van der Waals surface area contributed by atoms with E-state index in [0.29, 0.717) is 29.3 Å². The first kappa shape index (κ1) is 14.9. The summed E-state index contributed by atoms with van der Waals surface area (Å²) in [4.78, 5) is 3.98. The highest BCUT2D eigenvalue weighted by atomic mass is 16.3. The lowest BCUT2D eigenvalue weighted by molar-refractivity contribution is 0.282. The van der Waals surface area contributed by atoms with Gasteiger partial charge in [0.25, 0.3) is 0 Å². The Labute approximate surface area is 133 Å². The third kappa shape index (κ3) is 3.41. The molecule has 7 heteroatoms. The van der Waals surface area contributed by atoms with Crippen molar-refractivity contribution in [1.82, 2.24) is 14.8 Å². The topological polar surface area (TPSA) is 102 Å². The van der Waals surface area contributed by atoms with Gasteiger partial charge in [0.2, 0.25) is 0 Å². The van der Waals surface area contributed by atoms with E-state index in [1.807, 2.05) is 24.3 Å². The lowest BCUT2D eigenvalue weighted by Crippen LogP contribution is -2.05. The molecule has 1 aromatic carbocycles. The smallest absolute Gasteiger partial charge is 0.150 e. The van der Waals surface area contributed by atoms with Crippen molar-refractivity contribution in [3.8, 4) is 0 Å². The monoisotopic (exact) mass is 308 g/mol. The van der Waals surface area contributed by atoms with E-state index in [0.717, 1.165) is 5.56 Å². The van der Waals surface area contributed by atoms with Gasteiger partial charge >= 0.3 is 0 Å². The summed E-state index contributed by atoms with van der Waals surface area (Å²) in [7, 11) is 0. The first-order valence-electron chi connectivity index (χ1n) is 7.08. The van der Waals surface area contributed by atoms with E-state index >= 15 is 0 Å². The molecule has 0 atom stereocenters. The Balaban J connectivity index is 1.81. The van der Waals surface area contributed by atoms with Crippen molar-refractivity contribution in [2.45, 2.75) is 13.2 Å². The Hall–Kier alpha value is -3.06. The number of aromatic nitrogens is 3. The van der Waals surface area contributed by atoms with Crippen LogP contribution in [0.1, 0.15) is 11.1 Å². The molecule has 0 aliphatic carbocycles. The zero-order valence-electron chi connectivity index (χ0n) is 12.4. The van der Waals surface area contributed by atoms with E-state index in [9.17, 15) is 5.11 Å². The second-order valence-corrected chi connectivity index (χ2v) is 4.91. The van der Waals surface area contributed by atoms with E-state index in [1.165, 1.54) is 0 Å². The second kappa shape index (κ2) is 6.80. The minimum absolute atomic E-state index is 0.0913. The molecule has 3 N–H and O–H groups in total. The highest BCUT2D eigenvalue weighted by Gasteiger charge is 2.07. The van der Waals surface area contributed by atoms with Crippen molar-refractivity contribution >= 4 is 17.2 Å². The number of nitrogens with zero attached hydrogens (tertiary/aromatic N) is 5. The van der Waals surface area contributed by atoms with Crippen LogP contribution in [0.5, 0.6) is 0 Å². The van der Waals surface area contributed by atoms with Crippen LogP contribution in [-0.2, 0) is 13.2 Å². The largest absolute Gasteiger partial charge is 0.392 e. The molecular weight excluding hydrogens is 292 g/mol. The normalized spacial score (nSPS) is 11.2. The molecule has 0 unspecified atom stereocenters. The number of azo groups is 1. The third-order valence-electron chi connectivity index (χ3n) is 3.37. The summed E-state index contributed by atoms with van der Waals surface area (Å²) in [5, 5.41) is 21.8. The number of pyridine rings is 1. The summed E-state index contributed by atoms with van der Waals surface area (Å²) in [6.07, 6.45) is 5.02. The Morgan fingerprint density at radius 3 is 2.57 bits per heavy atom. The minimum Gasteiger partial charge on any atom is -0.392 e. The van der Waals surface area contributed by atoms with Crippen molar-refractivity contribution in [2.75, 3.05) is 5.73 Å². The van der Waals surface area contributed by atoms with Gasteiger partial charge in [-0.15, -0.1) is 10.2 Å². The quantitative estimate of drug-likeness (QED) is 0.707. The van der Waals surface area contributed by atoms with Gasteiger partial charge in [-0.2, -0.15) is 5.10 Å². The molecule has 3 aromatic rings. The van der Waals surface area contributed by atoms with E-state index in [2.05, 4.69) is 20.3 Å². The molecular formula is C16H16N6O. The molecule has 0 saturated carbocycles. The number of nitrogens with two attached hydrogens (primary N) is 1. The lowest BCUT2D eigenvalue weighted by Gasteiger charge is -2.03. The van der Waals surface area contributed by atoms with Gasteiger partial charge in [0.15, 0.2) is 0 Å².